The van der Waals surface area contributed by atoms with Gasteiger partial charge in [0.25, 0.3) is 5.88 Å². The topological polar surface area (TPSA) is 85.4 Å². The smallest absolute Gasteiger partial charge is 0.452 e. The lowest BCUT2D eigenvalue weighted by molar-refractivity contribution is -0.145. The van der Waals surface area contributed by atoms with Crippen LogP contribution in [0.1, 0.15) is 12.7 Å². The maximum atomic E-state index is 13.1. The van der Waals surface area contributed by atoms with E-state index in [2.05, 4.69) is 20.2 Å². The summed E-state index contributed by atoms with van der Waals surface area (Å²) in [6, 6.07) is 3.04. The molecule has 1 N–H and O–H groups in total. The largest absolute Gasteiger partial charge is 0.472 e. The van der Waals surface area contributed by atoms with Crippen LogP contribution in [0.3, 0.4) is 0 Å². The Bertz CT molecular complexity index is 831. The Kier molecular flexibility index (Phi) is 3.32. The molecule has 1 unspecified atom stereocenters. The van der Waals surface area contributed by atoms with Gasteiger partial charge < -0.3 is 9.84 Å². The van der Waals surface area contributed by atoms with E-state index in [0.717, 1.165) is 4.40 Å². The molecule has 10 heteroatoms. The number of ether oxygens (including phenoxy) is 1. The van der Waals surface area contributed by atoms with Crippen LogP contribution in [-0.2, 0) is 6.18 Å². The Balaban J connectivity index is 2.30. The van der Waals surface area contributed by atoms with Crippen molar-refractivity contribution in [2.45, 2.75) is 19.2 Å². The number of rotatable bonds is 3. The van der Waals surface area contributed by atoms with E-state index in [1.54, 1.807) is 0 Å². The first kappa shape index (κ1) is 14.4. The van der Waals surface area contributed by atoms with Gasteiger partial charge in [-0.3, -0.25) is 0 Å². The number of hydrogen-bond acceptors (Lipinski definition) is 6. The van der Waals surface area contributed by atoms with Crippen molar-refractivity contribution in [1.29, 1.82) is 0 Å². The van der Waals surface area contributed by atoms with Gasteiger partial charge in [-0.2, -0.15) is 13.2 Å². The fourth-order valence-electron chi connectivity index (χ4n) is 1.91. The molecule has 0 amide bonds. The summed E-state index contributed by atoms with van der Waals surface area (Å²) in [6.07, 6.45) is -4.16. The normalized spacial score (nSPS) is 13.7. The Morgan fingerprint density at radius 1 is 1.32 bits per heavy atom. The average molecular weight is 313 g/mol. The van der Waals surface area contributed by atoms with E-state index in [-0.39, 0.29) is 29.3 Å². The number of halogens is 3. The van der Waals surface area contributed by atoms with Crippen molar-refractivity contribution < 1.29 is 23.0 Å². The zero-order valence-corrected chi connectivity index (χ0v) is 11.2. The van der Waals surface area contributed by atoms with Gasteiger partial charge in [-0.15, -0.1) is 10.2 Å². The molecule has 0 aliphatic carbocycles. The molecule has 0 fully saturated rings. The Morgan fingerprint density at radius 3 is 2.77 bits per heavy atom. The van der Waals surface area contributed by atoms with Crippen molar-refractivity contribution in [2.24, 2.45) is 0 Å². The van der Waals surface area contributed by atoms with Gasteiger partial charge in [0, 0.05) is 6.20 Å². The van der Waals surface area contributed by atoms with Crippen LogP contribution in [0.5, 0.6) is 5.88 Å². The van der Waals surface area contributed by atoms with Gasteiger partial charge in [0.05, 0.1) is 6.10 Å². The molecule has 0 radical (unpaired) electrons. The molecule has 7 nitrogen and oxygen atoms in total. The summed E-state index contributed by atoms with van der Waals surface area (Å²) in [7, 11) is 0. The van der Waals surface area contributed by atoms with Crippen LogP contribution < -0.4 is 4.74 Å². The summed E-state index contributed by atoms with van der Waals surface area (Å²) in [5.41, 5.74) is -0.0423. The lowest BCUT2D eigenvalue weighted by Gasteiger charge is -2.10. The summed E-state index contributed by atoms with van der Waals surface area (Å²) >= 11 is 0. The third kappa shape index (κ3) is 2.41. The molecule has 0 saturated heterocycles. The second kappa shape index (κ2) is 5.05. The van der Waals surface area contributed by atoms with E-state index in [4.69, 9.17) is 4.74 Å². The van der Waals surface area contributed by atoms with E-state index >= 15 is 0 Å². The van der Waals surface area contributed by atoms with Crippen LogP contribution in [0.2, 0.25) is 0 Å². The van der Waals surface area contributed by atoms with E-state index < -0.39 is 18.1 Å². The second-order valence-corrected chi connectivity index (χ2v) is 4.60. The minimum Gasteiger partial charge on any atom is -0.472 e. The molecule has 0 spiro atoms. The van der Waals surface area contributed by atoms with Gasteiger partial charge in [0.1, 0.15) is 12.1 Å². The number of pyridine rings is 1. The minimum absolute atomic E-state index is 0.0285. The van der Waals surface area contributed by atoms with Gasteiger partial charge in [-0.05, 0) is 19.1 Å². The van der Waals surface area contributed by atoms with E-state index in [1.807, 2.05) is 0 Å². The Labute approximate surface area is 121 Å². The lowest BCUT2D eigenvalue weighted by atomic mass is 10.4. The molecular formula is C12H10F3N5O2. The molecule has 22 heavy (non-hydrogen) atoms. The molecule has 0 bridgehead atoms. The first-order valence-corrected chi connectivity index (χ1v) is 6.26. The number of aliphatic hydroxyl groups is 1. The summed E-state index contributed by atoms with van der Waals surface area (Å²) in [6.45, 7) is 1.34. The third-order valence-corrected chi connectivity index (χ3v) is 2.77. The molecule has 3 heterocycles. The van der Waals surface area contributed by atoms with Crippen LogP contribution in [0.15, 0.2) is 18.3 Å². The molecule has 0 saturated carbocycles. The first-order valence-electron chi connectivity index (χ1n) is 6.26. The maximum Gasteiger partial charge on any atom is 0.452 e. The highest BCUT2D eigenvalue weighted by Crippen LogP contribution is 2.31. The van der Waals surface area contributed by atoms with Gasteiger partial charge in [0.2, 0.25) is 11.5 Å². The van der Waals surface area contributed by atoms with Crippen molar-refractivity contribution in [3.63, 3.8) is 0 Å². The monoisotopic (exact) mass is 313 g/mol. The first-order chi connectivity index (χ1) is 10.4. The fourth-order valence-corrected chi connectivity index (χ4v) is 1.91. The molecular weight excluding hydrogens is 303 g/mol. The molecule has 0 aliphatic heterocycles. The van der Waals surface area contributed by atoms with Gasteiger partial charge in [-0.25, -0.2) is 14.4 Å². The van der Waals surface area contributed by atoms with Crippen LogP contribution in [0, 0.1) is 0 Å². The number of fused-ring (bicyclic) bond motifs is 3. The molecule has 3 rings (SSSR count). The van der Waals surface area contributed by atoms with Crippen molar-refractivity contribution in [3.8, 4) is 5.88 Å². The highest BCUT2D eigenvalue weighted by atomic mass is 19.4. The van der Waals surface area contributed by atoms with Crippen LogP contribution >= 0.6 is 0 Å². The quantitative estimate of drug-likeness (QED) is 0.788. The zero-order valence-electron chi connectivity index (χ0n) is 11.2. The summed E-state index contributed by atoms with van der Waals surface area (Å²) in [4.78, 5) is 7.99. The maximum absolute atomic E-state index is 13.1. The zero-order chi connectivity index (χ0) is 15.9. The van der Waals surface area contributed by atoms with Crippen LogP contribution in [-0.4, -0.2) is 42.4 Å². The van der Waals surface area contributed by atoms with Gasteiger partial charge >= 0.3 is 6.18 Å². The molecule has 1 atom stereocenters. The van der Waals surface area contributed by atoms with Crippen molar-refractivity contribution >= 4 is 16.8 Å². The molecule has 3 aromatic heterocycles. The number of nitrogens with zero attached hydrogens (tertiary/aromatic N) is 5. The molecule has 0 aromatic carbocycles. The van der Waals surface area contributed by atoms with Crippen LogP contribution in [0.25, 0.3) is 16.8 Å². The van der Waals surface area contributed by atoms with Crippen molar-refractivity contribution in [2.75, 3.05) is 6.61 Å². The number of aromatic nitrogens is 5. The number of hydrogen-bond donors (Lipinski definition) is 1. The van der Waals surface area contributed by atoms with Crippen molar-refractivity contribution in [1.82, 2.24) is 24.6 Å². The average Bonchev–Trinajstić information content (AvgIpc) is 2.90. The standard InChI is InChI=1S/C12H10F3N5O2/c1-6(21)5-22-10-9-18-19-11(12(13,14)15)20(9)8-7(17-10)3-2-4-16-8/h2-4,6,21H,5H2,1H3. The highest BCUT2D eigenvalue weighted by Gasteiger charge is 2.38. The Morgan fingerprint density at radius 2 is 2.09 bits per heavy atom. The predicted octanol–water partition coefficient (Wildman–Crippen LogP) is 1.45. The van der Waals surface area contributed by atoms with Crippen LogP contribution in [0.4, 0.5) is 13.2 Å². The predicted molar refractivity (Wildman–Crippen MR) is 68.3 cm³/mol. The highest BCUT2D eigenvalue weighted by molar-refractivity contribution is 5.76. The molecule has 3 aromatic rings. The SMILES string of the molecule is CC(O)COc1nc2cccnc2n2c(C(F)(F)F)nnc12. The van der Waals surface area contributed by atoms with E-state index in [9.17, 15) is 18.3 Å². The van der Waals surface area contributed by atoms with Gasteiger partial charge in [0.15, 0.2) is 5.65 Å². The lowest BCUT2D eigenvalue weighted by Crippen LogP contribution is -2.15. The van der Waals surface area contributed by atoms with Gasteiger partial charge in [-0.1, -0.05) is 0 Å². The van der Waals surface area contributed by atoms with Crippen molar-refractivity contribution in [3.05, 3.63) is 24.2 Å². The summed E-state index contributed by atoms with van der Waals surface area (Å²) < 4.78 is 45.2. The summed E-state index contributed by atoms with van der Waals surface area (Å²) in [5, 5.41) is 15.9. The second-order valence-electron chi connectivity index (χ2n) is 4.60. The fraction of sp³-hybridized carbons (Fsp3) is 0.333. The van der Waals surface area contributed by atoms with E-state index in [1.165, 1.54) is 25.3 Å². The molecule has 0 aliphatic rings. The third-order valence-electron chi connectivity index (χ3n) is 2.77. The Hall–Kier alpha value is -2.49. The number of aliphatic hydroxyl groups excluding tert-OH is 1. The molecule has 116 valence electrons. The minimum atomic E-state index is -4.70. The summed E-state index contributed by atoms with van der Waals surface area (Å²) in [5.74, 6) is -1.36. The van der Waals surface area contributed by atoms with E-state index in [0.29, 0.717) is 0 Å². The number of alkyl halides is 3.